The van der Waals surface area contributed by atoms with E-state index in [9.17, 15) is 4.79 Å². The highest BCUT2D eigenvalue weighted by atomic mass is 16.5. The monoisotopic (exact) mass is 304 g/mol. The first-order chi connectivity index (χ1) is 10.7. The number of fused-ring (bicyclic) bond motifs is 1. The van der Waals surface area contributed by atoms with Crippen LogP contribution in [0.3, 0.4) is 0 Å². The number of carbonyl (C=O) groups is 1. The highest BCUT2D eigenvalue weighted by molar-refractivity contribution is 5.97. The summed E-state index contributed by atoms with van der Waals surface area (Å²) in [6.07, 6.45) is 0.828. The molecule has 6 nitrogen and oxygen atoms in total. The van der Waals surface area contributed by atoms with Crippen molar-refractivity contribution in [2.24, 2.45) is 0 Å². The van der Waals surface area contributed by atoms with Crippen molar-refractivity contribution in [1.29, 1.82) is 0 Å². The van der Waals surface area contributed by atoms with E-state index in [1.807, 2.05) is 11.0 Å². The molecule has 0 saturated carbocycles. The van der Waals surface area contributed by atoms with E-state index in [2.05, 4.69) is 4.98 Å². The third-order valence-corrected chi connectivity index (χ3v) is 3.81. The van der Waals surface area contributed by atoms with Gasteiger partial charge in [-0.2, -0.15) is 0 Å². The zero-order valence-electron chi connectivity index (χ0n) is 12.9. The van der Waals surface area contributed by atoms with Gasteiger partial charge in [-0.05, 0) is 24.6 Å². The Kier molecular flexibility index (Phi) is 4.40. The largest absolute Gasteiger partial charge is 0.441 e. The van der Waals surface area contributed by atoms with Gasteiger partial charge < -0.3 is 18.8 Å². The van der Waals surface area contributed by atoms with Crippen molar-refractivity contribution in [3.05, 3.63) is 29.7 Å². The van der Waals surface area contributed by atoms with Crippen LogP contribution in [-0.4, -0.2) is 55.3 Å². The third kappa shape index (κ3) is 3.13. The van der Waals surface area contributed by atoms with E-state index in [0.717, 1.165) is 11.9 Å². The highest BCUT2D eigenvalue weighted by Crippen LogP contribution is 2.19. The molecule has 1 atom stereocenters. The zero-order valence-corrected chi connectivity index (χ0v) is 12.9. The van der Waals surface area contributed by atoms with Crippen LogP contribution in [0.2, 0.25) is 0 Å². The van der Waals surface area contributed by atoms with Crippen molar-refractivity contribution in [3.63, 3.8) is 0 Å². The molecule has 0 unspecified atom stereocenters. The number of ether oxygens (including phenoxy) is 2. The Bertz CT molecular complexity index is 667. The van der Waals surface area contributed by atoms with Gasteiger partial charge in [0.25, 0.3) is 5.91 Å². The summed E-state index contributed by atoms with van der Waals surface area (Å²) in [5.41, 5.74) is 2.04. The van der Waals surface area contributed by atoms with Gasteiger partial charge in [-0.3, -0.25) is 4.79 Å². The smallest absolute Gasteiger partial charge is 0.254 e. The molecule has 1 amide bonds. The summed E-state index contributed by atoms with van der Waals surface area (Å²) in [6.45, 7) is 4.19. The topological polar surface area (TPSA) is 64.8 Å². The molecule has 1 aliphatic rings. The SMILES string of the molecule is COCC[C@@H]1CN(C(=O)c2ccc3nc(C)oc3c2)CCO1. The highest BCUT2D eigenvalue weighted by Gasteiger charge is 2.25. The fourth-order valence-corrected chi connectivity index (χ4v) is 2.68. The number of oxazole rings is 1. The molecule has 1 aromatic heterocycles. The molecule has 6 heteroatoms. The lowest BCUT2D eigenvalue weighted by Gasteiger charge is -2.33. The number of morpholine rings is 1. The lowest BCUT2D eigenvalue weighted by Crippen LogP contribution is -2.45. The van der Waals surface area contributed by atoms with Crippen molar-refractivity contribution in [1.82, 2.24) is 9.88 Å². The van der Waals surface area contributed by atoms with Crippen LogP contribution in [0.5, 0.6) is 0 Å². The van der Waals surface area contributed by atoms with Gasteiger partial charge in [-0.1, -0.05) is 0 Å². The Hall–Kier alpha value is -1.92. The predicted molar refractivity (Wildman–Crippen MR) is 80.9 cm³/mol. The molecule has 1 saturated heterocycles. The second kappa shape index (κ2) is 6.46. The molecule has 1 fully saturated rings. The Balaban J connectivity index is 1.73. The molecule has 118 valence electrons. The summed E-state index contributed by atoms with van der Waals surface area (Å²) in [4.78, 5) is 18.7. The maximum absolute atomic E-state index is 12.6. The summed E-state index contributed by atoms with van der Waals surface area (Å²) in [5, 5.41) is 0. The number of aryl methyl sites for hydroxylation is 1. The summed E-state index contributed by atoms with van der Waals surface area (Å²) in [5.74, 6) is 0.604. The maximum Gasteiger partial charge on any atom is 0.254 e. The number of methoxy groups -OCH3 is 1. The minimum Gasteiger partial charge on any atom is -0.441 e. The Labute approximate surface area is 129 Å². The molecule has 1 aromatic carbocycles. The third-order valence-electron chi connectivity index (χ3n) is 3.81. The van der Waals surface area contributed by atoms with E-state index >= 15 is 0 Å². The first-order valence-corrected chi connectivity index (χ1v) is 7.44. The van der Waals surface area contributed by atoms with Gasteiger partial charge in [-0.15, -0.1) is 0 Å². The molecule has 0 N–H and O–H groups in total. The summed E-state index contributed by atoms with van der Waals surface area (Å²) < 4.78 is 16.2. The fraction of sp³-hybridized carbons (Fsp3) is 0.500. The first kappa shape index (κ1) is 15.0. The van der Waals surface area contributed by atoms with Crippen LogP contribution in [0, 0.1) is 6.92 Å². The molecule has 3 rings (SSSR count). The molecule has 2 heterocycles. The second-order valence-corrected chi connectivity index (χ2v) is 5.44. The number of hydrogen-bond donors (Lipinski definition) is 0. The van der Waals surface area contributed by atoms with E-state index in [4.69, 9.17) is 13.9 Å². The predicted octanol–water partition coefficient (Wildman–Crippen LogP) is 2.01. The van der Waals surface area contributed by atoms with E-state index in [-0.39, 0.29) is 12.0 Å². The van der Waals surface area contributed by atoms with Crippen LogP contribution in [0.4, 0.5) is 0 Å². The molecule has 0 bridgehead atoms. The van der Waals surface area contributed by atoms with Gasteiger partial charge in [0.1, 0.15) is 5.52 Å². The Morgan fingerprint density at radius 3 is 3.18 bits per heavy atom. The molecule has 22 heavy (non-hydrogen) atoms. The first-order valence-electron chi connectivity index (χ1n) is 7.44. The molecule has 0 spiro atoms. The molecule has 2 aromatic rings. The Morgan fingerprint density at radius 1 is 1.50 bits per heavy atom. The number of rotatable bonds is 4. The van der Waals surface area contributed by atoms with Gasteiger partial charge in [0, 0.05) is 39.3 Å². The maximum atomic E-state index is 12.6. The standard InChI is InChI=1S/C16H20N2O4/c1-11-17-14-4-3-12(9-15(14)22-11)16(19)18-6-8-21-13(10-18)5-7-20-2/h3-4,9,13H,5-8,10H2,1-2H3/t13-/m1/s1. The number of aromatic nitrogens is 1. The van der Waals surface area contributed by atoms with Crippen molar-refractivity contribution in [2.75, 3.05) is 33.4 Å². The van der Waals surface area contributed by atoms with Crippen molar-refractivity contribution >= 4 is 17.0 Å². The van der Waals surface area contributed by atoms with Crippen LogP contribution in [0.15, 0.2) is 22.6 Å². The number of carbonyl (C=O) groups excluding carboxylic acids is 1. The number of amides is 1. The van der Waals surface area contributed by atoms with E-state index in [0.29, 0.717) is 43.3 Å². The van der Waals surface area contributed by atoms with Crippen LogP contribution < -0.4 is 0 Å². The second-order valence-electron chi connectivity index (χ2n) is 5.44. The summed E-state index contributed by atoms with van der Waals surface area (Å²) in [6, 6.07) is 5.38. The fourth-order valence-electron chi connectivity index (χ4n) is 2.68. The van der Waals surface area contributed by atoms with Gasteiger partial charge in [0.15, 0.2) is 11.5 Å². The van der Waals surface area contributed by atoms with Crippen LogP contribution in [0.25, 0.3) is 11.1 Å². The quantitative estimate of drug-likeness (QED) is 0.864. The lowest BCUT2D eigenvalue weighted by atomic mass is 10.1. The van der Waals surface area contributed by atoms with Crippen LogP contribution in [-0.2, 0) is 9.47 Å². The van der Waals surface area contributed by atoms with Gasteiger partial charge >= 0.3 is 0 Å². The molecule has 0 aliphatic carbocycles. The minimum absolute atomic E-state index is 0.00155. The number of nitrogens with zero attached hydrogens (tertiary/aromatic N) is 2. The van der Waals surface area contributed by atoms with Gasteiger partial charge in [0.2, 0.25) is 0 Å². The normalized spacial score (nSPS) is 18.8. The van der Waals surface area contributed by atoms with Crippen LogP contribution in [0.1, 0.15) is 22.7 Å². The summed E-state index contributed by atoms with van der Waals surface area (Å²) >= 11 is 0. The molecule has 1 aliphatic heterocycles. The average molecular weight is 304 g/mol. The molecular formula is C16H20N2O4. The van der Waals surface area contributed by atoms with E-state index < -0.39 is 0 Å². The number of benzene rings is 1. The van der Waals surface area contributed by atoms with Gasteiger partial charge in [0.05, 0.1) is 12.7 Å². The van der Waals surface area contributed by atoms with Gasteiger partial charge in [-0.25, -0.2) is 4.98 Å². The minimum atomic E-state index is 0.00155. The summed E-state index contributed by atoms with van der Waals surface area (Å²) in [7, 11) is 1.67. The lowest BCUT2D eigenvalue weighted by molar-refractivity contribution is -0.0332. The van der Waals surface area contributed by atoms with Crippen molar-refractivity contribution < 1.29 is 18.7 Å². The van der Waals surface area contributed by atoms with E-state index in [1.54, 1.807) is 26.2 Å². The Morgan fingerprint density at radius 2 is 2.36 bits per heavy atom. The van der Waals surface area contributed by atoms with Crippen LogP contribution >= 0.6 is 0 Å². The zero-order chi connectivity index (χ0) is 15.5. The number of hydrogen-bond acceptors (Lipinski definition) is 5. The average Bonchev–Trinajstić information content (AvgIpc) is 2.91. The molecule has 0 radical (unpaired) electrons. The van der Waals surface area contributed by atoms with Crippen molar-refractivity contribution in [3.8, 4) is 0 Å². The molecular weight excluding hydrogens is 284 g/mol. The van der Waals surface area contributed by atoms with E-state index in [1.165, 1.54) is 0 Å². The van der Waals surface area contributed by atoms with Crippen molar-refractivity contribution in [2.45, 2.75) is 19.4 Å².